The average molecular weight is 431 g/mol. The van der Waals surface area contributed by atoms with Gasteiger partial charge in [-0.15, -0.1) is 0 Å². The maximum absolute atomic E-state index is 12.7. The molecule has 0 atom stereocenters. The lowest BCUT2D eigenvalue weighted by atomic mass is 10.1. The first-order valence-electron chi connectivity index (χ1n) is 11.1. The lowest BCUT2D eigenvalue weighted by Gasteiger charge is -2.26. The van der Waals surface area contributed by atoms with Gasteiger partial charge in [0.15, 0.2) is 0 Å². The molecule has 0 radical (unpaired) electrons. The summed E-state index contributed by atoms with van der Waals surface area (Å²) in [5, 5.41) is 3.04. The molecule has 0 bridgehead atoms. The molecule has 1 fully saturated rings. The van der Waals surface area contributed by atoms with Crippen molar-refractivity contribution in [3.05, 3.63) is 107 Å². The number of rotatable bonds is 9. The Kier molecular flexibility index (Phi) is 8.04. The van der Waals surface area contributed by atoms with Crippen molar-refractivity contribution in [1.82, 2.24) is 10.2 Å². The Morgan fingerprint density at radius 1 is 0.812 bits per heavy atom. The highest BCUT2D eigenvalue weighted by molar-refractivity contribution is 5.94. The van der Waals surface area contributed by atoms with Gasteiger partial charge in [0.2, 0.25) is 0 Å². The first-order chi connectivity index (χ1) is 15.8. The summed E-state index contributed by atoms with van der Waals surface area (Å²) in [4.78, 5) is 15.1. The summed E-state index contributed by atoms with van der Waals surface area (Å²) in [6, 6.07) is 26.2. The van der Waals surface area contributed by atoms with Gasteiger partial charge >= 0.3 is 0 Å². The van der Waals surface area contributed by atoms with Crippen LogP contribution in [0, 0.1) is 0 Å². The number of hydrogen-bond donors (Lipinski definition) is 1. The van der Waals surface area contributed by atoms with Gasteiger partial charge in [0, 0.05) is 31.7 Å². The summed E-state index contributed by atoms with van der Waals surface area (Å²) in [6.45, 7) is 5.87. The average Bonchev–Trinajstić information content (AvgIpc) is 2.84. The van der Waals surface area contributed by atoms with Gasteiger partial charge in [0.05, 0.1) is 26.4 Å². The molecule has 1 amide bonds. The molecule has 3 aromatic carbocycles. The lowest BCUT2D eigenvalue weighted by Crippen LogP contribution is -2.35. The van der Waals surface area contributed by atoms with E-state index in [1.807, 2.05) is 54.6 Å². The van der Waals surface area contributed by atoms with Crippen LogP contribution in [0.3, 0.4) is 0 Å². The van der Waals surface area contributed by atoms with Gasteiger partial charge in [0.1, 0.15) is 0 Å². The van der Waals surface area contributed by atoms with Gasteiger partial charge in [-0.2, -0.15) is 0 Å². The smallest absolute Gasteiger partial charge is 0.251 e. The fourth-order valence-electron chi connectivity index (χ4n) is 3.80. The Bertz CT molecular complexity index is 1000. The molecule has 0 aromatic heterocycles. The van der Waals surface area contributed by atoms with Gasteiger partial charge in [0.25, 0.3) is 5.91 Å². The van der Waals surface area contributed by atoms with Crippen molar-refractivity contribution >= 4 is 5.91 Å². The minimum absolute atomic E-state index is 0.0560. The normalized spacial score (nSPS) is 14.2. The first-order valence-corrected chi connectivity index (χ1v) is 11.1. The van der Waals surface area contributed by atoms with Crippen LogP contribution in [-0.4, -0.2) is 37.1 Å². The summed E-state index contributed by atoms with van der Waals surface area (Å²) >= 11 is 0. The van der Waals surface area contributed by atoms with Crippen molar-refractivity contribution in [2.75, 3.05) is 26.3 Å². The molecule has 166 valence electrons. The molecule has 1 heterocycles. The molecular formula is C27H30N2O3. The van der Waals surface area contributed by atoms with Gasteiger partial charge in [-0.05, 0) is 34.4 Å². The highest BCUT2D eigenvalue weighted by Crippen LogP contribution is 2.12. The fourth-order valence-corrected chi connectivity index (χ4v) is 3.80. The zero-order valence-corrected chi connectivity index (χ0v) is 18.3. The third-order valence-electron chi connectivity index (χ3n) is 5.52. The van der Waals surface area contributed by atoms with Crippen LogP contribution in [0.5, 0.6) is 0 Å². The van der Waals surface area contributed by atoms with Crippen molar-refractivity contribution < 1.29 is 14.3 Å². The van der Waals surface area contributed by atoms with Crippen LogP contribution in [0.25, 0.3) is 0 Å². The summed E-state index contributed by atoms with van der Waals surface area (Å²) in [6.07, 6.45) is 0. The zero-order valence-electron chi connectivity index (χ0n) is 18.3. The van der Waals surface area contributed by atoms with Crippen molar-refractivity contribution in [2.24, 2.45) is 0 Å². The van der Waals surface area contributed by atoms with E-state index in [0.29, 0.717) is 25.3 Å². The minimum atomic E-state index is -0.0560. The molecule has 0 aliphatic carbocycles. The molecule has 3 aromatic rings. The molecule has 0 saturated carbocycles. The number of benzene rings is 3. The summed E-state index contributed by atoms with van der Waals surface area (Å²) in [5.41, 5.74) is 5.16. The van der Waals surface area contributed by atoms with Crippen molar-refractivity contribution in [1.29, 1.82) is 0 Å². The van der Waals surface area contributed by atoms with Crippen molar-refractivity contribution in [3.8, 4) is 0 Å². The monoisotopic (exact) mass is 430 g/mol. The second-order valence-electron chi connectivity index (χ2n) is 8.07. The van der Waals surface area contributed by atoms with E-state index in [-0.39, 0.29) is 5.91 Å². The van der Waals surface area contributed by atoms with Crippen LogP contribution in [-0.2, 0) is 35.8 Å². The van der Waals surface area contributed by atoms with E-state index < -0.39 is 0 Å². The number of carbonyl (C=O) groups excluding carboxylic acids is 1. The summed E-state index contributed by atoms with van der Waals surface area (Å²) < 4.78 is 11.2. The van der Waals surface area contributed by atoms with Crippen LogP contribution in [0.2, 0.25) is 0 Å². The summed E-state index contributed by atoms with van der Waals surface area (Å²) in [7, 11) is 0. The number of nitrogens with one attached hydrogen (secondary N) is 1. The molecule has 1 aliphatic rings. The Morgan fingerprint density at radius 3 is 2.34 bits per heavy atom. The van der Waals surface area contributed by atoms with E-state index >= 15 is 0 Å². The molecule has 1 aliphatic heterocycles. The number of carbonyl (C=O) groups is 1. The number of nitrogens with zero attached hydrogens (tertiary/aromatic N) is 1. The molecule has 5 heteroatoms. The highest BCUT2D eigenvalue weighted by atomic mass is 16.5. The number of hydrogen-bond acceptors (Lipinski definition) is 4. The largest absolute Gasteiger partial charge is 0.379 e. The topological polar surface area (TPSA) is 50.8 Å². The lowest BCUT2D eigenvalue weighted by molar-refractivity contribution is 0.0342. The molecular weight excluding hydrogens is 400 g/mol. The van der Waals surface area contributed by atoms with E-state index in [1.165, 1.54) is 0 Å². The fraction of sp³-hybridized carbons (Fsp3) is 0.296. The molecule has 1 saturated heterocycles. The van der Waals surface area contributed by atoms with Crippen LogP contribution in [0.15, 0.2) is 78.9 Å². The third-order valence-corrected chi connectivity index (χ3v) is 5.52. The molecule has 0 spiro atoms. The summed E-state index contributed by atoms with van der Waals surface area (Å²) in [5.74, 6) is -0.0560. The van der Waals surface area contributed by atoms with E-state index in [1.54, 1.807) is 0 Å². The molecule has 5 nitrogen and oxygen atoms in total. The Balaban J connectivity index is 1.27. The van der Waals surface area contributed by atoms with Crippen LogP contribution in [0.4, 0.5) is 0 Å². The number of morpholine rings is 1. The number of ether oxygens (including phenoxy) is 2. The SMILES string of the molecule is O=C(NCc1cccc(COCc2ccccc2)c1)c1cccc(CN2CCOCC2)c1. The van der Waals surface area contributed by atoms with Crippen molar-refractivity contribution in [2.45, 2.75) is 26.3 Å². The maximum Gasteiger partial charge on any atom is 0.251 e. The van der Waals surface area contributed by atoms with E-state index in [9.17, 15) is 4.79 Å². The molecule has 32 heavy (non-hydrogen) atoms. The van der Waals surface area contributed by atoms with Crippen LogP contribution in [0.1, 0.15) is 32.6 Å². The van der Waals surface area contributed by atoms with Gasteiger partial charge in [-0.1, -0.05) is 66.7 Å². The number of amides is 1. The Labute approximate surface area is 190 Å². The predicted molar refractivity (Wildman–Crippen MR) is 125 cm³/mol. The predicted octanol–water partition coefficient (Wildman–Crippen LogP) is 4.17. The van der Waals surface area contributed by atoms with Crippen molar-refractivity contribution in [3.63, 3.8) is 0 Å². The zero-order chi connectivity index (χ0) is 22.0. The van der Waals surface area contributed by atoms with Crippen LogP contribution >= 0.6 is 0 Å². The molecule has 4 rings (SSSR count). The first kappa shape index (κ1) is 22.2. The molecule has 1 N–H and O–H groups in total. The Hall–Kier alpha value is -2.99. The second kappa shape index (κ2) is 11.6. The maximum atomic E-state index is 12.7. The van der Waals surface area contributed by atoms with E-state index in [2.05, 4.69) is 34.5 Å². The minimum Gasteiger partial charge on any atom is -0.379 e. The third kappa shape index (κ3) is 6.76. The van der Waals surface area contributed by atoms with Gasteiger partial charge in [-0.25, -0.2) is 0 Å². The van der Waals surface area contributed by atoms with Gasteiger partial charge < -0.3 is 14.8 Å². The highest BCUT2D eigenvalue weighted by Gasteiger charge is 2.12. The quantitative estimate of drug-likeness (QED) is 0.554. The van der Waals surface area contributed by atoms with E-state index in [4.69, 9.17) is 9.47 Å². The van der Waals surface area contributed by atoms with E-state index in [0.717, 1.165) is 55.1 Å². The van der Waals surface area contributed by atoms with Gasteiger partial charge in [-0.3, -0.25) is 9.69 Å². The molecule has 0 unspecified atom stereocenters. The second-order valence-corrected chi connectivity index (χ2v) is 8.07. The standard InChI is InChI=1S/C27H30N2O3/c30-27(26-11-5-9-24(17-26)19-29-12-14-31-15-13-29)28-18-23-8-4-10-25(16-23)21-32-20-22-6-2-1-3-7-22/h1-11,16-17H,12-15,18-21H2,(H,28,30). The van der Waals surface area contributed by atoms with Crippen LogP contribution < -0.4 is 5.32 Å². The Morgan fingerprint density at radius 2 is 1.50 bits per heavy atom.